The number of thioether (sulfide) groups is 1. The highest BCUT2D eigenvalue weighted by atomic mass is 35.5. The Morgan fingerprint density at radius 3 is 2.57 bits per heavy atom. The fraction of sp³-hybridized carbons (Fsp3) is 0.238. The first kappa shape index (κ1) is 21.9. The third-order valence-electron chi connectivity index (χ3n) is 4.06. The lowest BCUT2D eigenvalue weighted by Gasteiger charge is -2.07. The molecule has 0 fully saturated rings. The molecule has 0 aliphatic heterocycles. The molecule has 3 rings (SSSR count). The van der Waals surface area contributed by atoms with Crippen molar-refractivity contribution in [1.82, 2.24) is 20.2 Å². The summed E-state index contributed by atoms with van der Waals surface area (Å²) in [7, 11) is 0. The van der Waals surface area contributed by atoms with Gasteiger partial charge in [-0.15, -0.1) is 10.2 Å². The van der Waals surface area contributed by atoms with Crippen LogP contribution in [0.15, 0.2) is 58.8 Å². The van der Waals surface area contributed by atoms with E-state index in [4.69, 9.17) is 16.3 Å². The maximum Gasteiger partial charge on any atom is 0.250 e. The lowest BCUT2D eigenvalue weighted by molar-refractivity contribution is -0.118. The lowest BCUT2D eigenvalue weighted by atomic mass is 10.2. The number of hydrogen-bond donors (Lipinski definition) is 1. The zero-order valence-corrected chi connectivity index (χ0v) is 18.3. The number of rotatable bonds is 9. The Balaban J connectivity index is 1.55. The predicted molar refractivity (Wildman–Crippen MR) is 120 cm³/mol. The summed E-state index contributed by atoms with van der Waals surface area (Å²) in [5.74, 6) is 1.50. The number of nitrogens with one attached hydrogen (secondary N) is 1. The van der Waals surface area contributed by atoms with Gasteiger partial charge in [-0.3, -0.25) is 4.79 Å². The first-order valence-electron chi connectivity index (χ1n) is 9.47. The molecular formula is C21H22ClN5O2S. The number of aromatic nitrogens is 3. The van der Waals surface area contributed by atoms with E-state index in [-0.39, 0.29) is 11.7 Å². The summed E-state index contributed by atoms with van der Waals surface area (Å²) in [6.45, 7) is 5.25. The van der Waals surface area contributed by atoms with Crippen LogP contribution in [0.1, 0.15) is 19.4 Å². The Kier molecular flexibility index (Phi) is 7.87. The Labute approximate surface area is 184 Å². The smallest absolute Gasteiger partial charge is 0.250 e. The quantitative estimate of drug-likeness (QED) is 0.303. The van der Waals surface area contributed by atoms with Crippen molar-refractivity contribution in [3.63, 3.8) is 0 Å². The van der Waals surface area contributed by atoms with Gasteiger partial charge in [0.25, 0.3) is 5.91 Å². The van der Waals surface area contributed by atoms with Gasteiger partial charge in [-0.1, -0.05) is 23.4 Å². The van der Waals surface area contributed by atoms with E-state index in [1.807, 2.05) is 66.9 Å². The van der Waals surface area contributed by atoms with Gasteiger partial charge in [0.2, 0.25) is 0 Å². The van der Waals surface area contributed by atoms with E-state index in [2.05, 4.69) is 20.7 Å². The number of nitrogens with zero attached hydrogens (tertiary/aromatic N) is 4. The van der Waals surface area contributed by atoms with Gasteiger partial charge in [-0.25, -0.2) is 5.43 Å². The Bertz CT molecular complexity index is 1000. The highest BCUT2D eigenvalue weighted by molar-refractivity contribution is 7.99. The topological polar surface area (TPSA) is 81.4 Å². The molecule has 1 aromatic heterocycles. The summed E-state index contributed by atoms with van der Waals surface area (Å²) in [5, 5.41) is 13.8. The zero-order chi connectivity index (χ0) is 21.3. The number of ether oxygens (including phenoxy) is 1. The summed E-state index contributed by atoms with van der Waals surface area (Å²) in [4.78, 5) is 12.1. The Morgan fingerprint density at radius 2 is 1.90 bits per heavy atom. The summed E-state index contributed by atoms with van der Waals surface area (Å²) in [6.07, 6.45) is 1.59. The van der Waals surface area contributed by atoms with Crippen LogP contribution >= 0.6 is 23.4 Å². The van der Waals surface area contributed by atoms with E-state index in [1.54, 1.807) is 6.21 Å². The Hall–Kier alpha value is -2.84. The van der Waals surface area contributed by atoms with Crippen LogP contribution in [-0.2, 0) is 11.3 Å². The molecule has 0 bridgehead atoms. The Morgan fingerprint density at radius 1 is 1.17 bits per heavy atom. The maximum absolute atomic E-state index is 12.1. The minimum absolute atomic E-state index is 0.180. The normalized spacial score (nSPS) is 11.0. The number of amides is 1. The van der Waals surface area contributed by atoms with E-state index in [0.717, 1.165) is 22.7 Å². The van der Waals surface area contributed by atoms with Crippen LogP contribution in [0.2, 0.25) is 5.02 Å². The van der Waals surface area contributed by atoms with Gasteiger partial charge >= 0.3 is 0 Å². The van der Waals surface area contributed by atoms with E-state index in [9.17, 15) is 4.79 Å². The second kappa shape index (κ2) is 10.8. The van der Waals surface area contributed by atoms with E-state index < -0.39 is 0 Å². The molecule has 9 heteroatoms. The second-order valence-corrected chi connectivity index (χ2v) is 7.52. The molecule has 0 radical (unpaired) electrons. The number of benzene rings is 2. The van der Waals surface area contributed by atoms with Crippen molar-refractivity contribution >= 4 is 35.5 Å². The fourth-order valence-corrected chi connectivity index (χ4v) is 3.57. The zero-order valence-electron chi connectivity index (χ0n) is 16.7. The molecule has 7 nitrogen and oxygen atoms in total. The van der Waals surface area contributed by atoms with Gasteiger partial charge in [-0.05, 0) is 67.9 Å². The van der Waals surface area contributed by atoms with Gasteiger partial charge in [0.1, 0.15) is 5.75 Å². The average Bonchev–Trinajstić information content (AvgIpc) is 3.17. The number of carbonyl (C=O) groups excluding carboxylic acids is 1. The van der Waals surface area contributed by atoms with E-state index in [1.165, 1.54) is 11.8 Å². The van der Waals surface area contributed by atoms with Crippen molar-refractivity contribution < 1.29 is 9.53 Å². The molecule has 1 amide bonds. The number of halogens is 1. The van der Waals surface area contributed by atoms with Crippen molar-refractivity contribution in [3.05, 3.63) is 59.1 Å². The molecular weight excluding hydrogens is 422 g/mol. The summed E-state index contributed by atoms with van der Waals surface area (Å²) < 4.78 is 7.36. The molecule has 0 saturated heterocycles. The van der Waals surface area contributed by atoms with Crippen molar-refractivity contribution in [2.24, 2.45) is 5.10 Å². The van der Waals surface area contributed by atoms with Crippen LogP contribution in [0.5, 0.6) is 5.75 Å². The SMILES string of the molecule is CCOc1ccc(C=NNC(=O)CSc2nnc(-c3ccc(Cl)cc3)n2CC)cc1. The van der Waals surface area contributed by atoms with Crippen molar-refractivity contribution in [3.8, 4) is 17.1 Å². The molecule has 0 aliphatic rings. The molecule has 3 aromatic rings. The largest absolute Gasteiger partial charge is 0.494 e. The minimum Gasteiger partial charge on any atom is -0.494 e. The molecule has 2 aromatic carbocycles. The van der Waals surface area contributed by atoms with Crippen LogP contribution in [0, 0.1) is 0 Å². The highest BCUT2D eigenvalue weighted by Crippen LogP contribution is 2.25. The number of hydrazone groups is 1. The molecule has 30 heavy (non-hydrogen) atoms. The molecule has 0 aliphatic carbocycles. The molecule has 156 valence electrons. The summed E-state index contributed by atoms with van der Waals surface area (Å²) in [5.41, 5.74) is 4.32. The van der Waals surface area contributed by atoms with Gasteiger partial charge < -0.3 is 9.30 Å². The third kappa shape index (κ3) is 5.84. The molecule has 0 atom stereocenters. The van der Waals surface area contributed by atoms with Crippen molar-refractivity contribution in [1.29, 1.82) is 0 Å². The first-order chi connectivity index (χ1) is 14.6. The minimum atomic E-state index is -0.221. The van der Waals surface area contributed by atoms with Crippen LogP contribution in [0.4, 0.5) is 0 Å². The predicted octanol–water partition coefficient (Wildman–Crippen LogP) is 4.26. The highest BCUT2D eigenvalue weighted by Gasteiger charge is 2.14. The summed E-state index contributed by atoms with van der Waals surface area (Å²) in [6, 6.07) is 14.9. The lowest BCUT2D eigenvalue weighted by Crippen LogP contribution is -2.20. The maximum atomic E-state index is 12.1. The van der Waals surface area contributed by atoms with Crippen molar-refractivity contribution in [2.45, 2.75) is 25.5 Å². The molecule has 0 unspecified atom stereocenters. The second-order valence-electron chi connectivity index (χ2n) is 6.14. The van der Waals surface area contributed by atoms with Crippen LogP contribution in [0.25, 0.3) is 11.4 Å². The number of carbonyl (C=O) groups is 1. The van der Waals surface area contributed by atoms with Gasteiger partial charge in [0, 0.05) is 17.1 Å². The molecule has 1 heterocycles. The molecule has 0 spiro atoms. The standard InChI is InChI=1S/C21H22ClN5O2S/c1-3-27-20(16-7-9-17(22)10-8-16)25-26-21(27)30-14-19(28)24-23-13-15-5-11-18(12-6-15)29-4-2/h5-13H,3-4,14H2,1-2H3,(H,24,28). The fourth-order valence-electron chi connectivity index (χ4n) is 2.65. The average molecular weight is 444 g/mol. The van der Waals surface area contributed by atoms with Crippen LogP contribution in [-0.4, -0.2) is 39.2 Å². The summed E-state index contributed by atoms with van der Waals surface area (Å²) >= 11 is 7.27. The van der Waals surface area contributed by atoms with Crippen LogP contribution in [0.3, 0.4) is 0 Å². The molecule has 0 saturated carbocycles. The van der Waals surface area contributed by atoms with Gasteiger partial charge in [0.15, 0.2) is 11.0 Å². The first-order valence-corrected chi connectivity index (χ1v) is 10.8. The van der Waals surface area contributed by atoms with E-state index >= 15 is 0 Å². The van der Waals surface area contributed by atoms with Crippen LogP contribution < -0.4 is 10.2 Å². The third-order valence-corrected chi connectivity index (χ3v) is 5.28. The molecule has 1 N–H and O–H groups in total. The van der Waals surface area contributed by atoms with Gasteiger partial charge in [-0.2, -0.15) is 5.10 Å². The van der Waals surface area contributed by atoms with E-state index in [0.29, 0.717) is 23.3 Å². The van der Waals surface area contributed by atoms with Crippen molar-refractivity contribution in [2.75, 3.05) is 12.4 Å². The number of hydrogen-bond acceptors (Lipinski definition) is 6. The van der Waals surface area contributed by atoms with Gasteiger partial charge in [0.05, 0.1) is 18.6 Å². The monoisotopic (exact) mass is 443 g/mol.